The molecule has 2 aromatic heterocycles. The van der Waals surface area contributed by atoms with Crippen molar-refractivity contribution in [3.8, 4) is 11.1 Å². The summed E-state index contributed by atoms with van der Waals surface area (Å²) in [6.07, 6.45) is 3.41. The number of hydrogen-bond donors (Lipinski definition) is 3. The van der Waals surface area contributed by atoms with Crippen molar-refractivity contribution in [2.45, 2.75) is 11.3 Å². The summed E-state index contributed by atoms with van der Waals surface area (Å²) in [5.41, 5.74) is 7.50. The van der Waals surface area contributed by atoms with E-state index in [1.807, 2.05) is 22.9 Å². The number of nitrogens with two attached hydrogens (primary N) is 1. The Morgan fingerprint density at radius 3 is 2.62 bits per heavy atom. The van der Waals surface area contributed by atoms with Crippen LogP contribution in [0.1, 0.15) is 21.5 Å². The maximum atomic E-state index is 15.5. The van der Waals surface area contributed by atoms with Gasteiger partial charge in [-0.3, -0.25) is 9.52 Å². The Hall–Kier alpha value is -4.97. The molecule has 0 aliphatic carbocycles. The molecule has 5 aromatic rings. The molecule has 0 unspecified atom stereocenters. The molecule has 6 rings (SSSR count). The average molecular weight is 562 g/mol. The second-order valence-corrected chi connectivity index (χ2v) is 10.8. The Morgan fingerprint density at radius 1 is 1.00 bits per heavy atom. The molecule has 3 aromatic carbocycles. The Labute approximate surface area is 225 Å². The van der Waals surface area contributed by atoms with Crippen molar-refractivity contribution in [3.63, 3.8) is 0 Å². The number of carbonyl (C=O) groups excluding carboxylic acids is 1. The van der Waals surface area contributed by atoms with E-state index in [-0.39, 0.29) is 5.56 Å². The highest BCUT2D eigenvalue weighted by Crippen LogP contribution is 2.33. The number of fused-ring (bicyclic) bond motifs is 2. The summed E-state index contributed by atoms with van der Waals surface area (Å²) in [4.78, 5) is 24.4. The second-order valence-electron chi connectivity index (χ2n) is 9.12. The first-order chi connectivity index (χ1) is 19.1. The number of benzene rings is 3. The predicted octanol–water partition coefficient (Wildman–Crippen LogP) is 5.22. The lowest BCUT2D eigenvalue weighted by Gasteiger charge is -2.12. The van der Waals surface area contributed by atoms with E-state index < -0.39 is 49.4 Å². The number of ketones is 1. The van der Waals surface area contributed by atoms with Crippen LogP contribution in [-0.2, 0) is 16.4 Å². The molecule has 0 fully saturated rings. The van der Waals surface area contributed by atoms with E-state index in [0.717, 1.165) is 47.1 Å². The van der Waals surface area contributed by atoms with Gasteiger partial charge in [-0.05, 0) is 53.6 Å². The first-order valence-corrected chi connectivity index (χ1v) is 13.3. The molecule has 200 valence electrons. The molecule has 0 saturated carbocycles. The summed E-state index contributed by atoms with van der Waals surface area (Å²) in [6, 6.07) is 12.9. The highest BCUT2D eigenvalue weighted by atomic mass is 32.2. The fourth-order valence-corrected chi connectivity index (χ4v) is 5.64. The van der Waals surface area contributed by atoms with Crippen LogP contribution in [0.2, 0.25) is 0 Å². The third-order valence-electron chi connectivity index (χ3n) is 6.50. The summed E-state index contributed by atoms with van der Waals surface area (Å²) in [5, 5.41) is 0.301. The Bertz CT molecular complexity index is 2000. The number of H-pyrrole nitrogens is 1. The van der Waals surface area contributed by atoms with Crippen molar-refractivity contribution in [2.75, 3.05) is 4.72 Å². The first kappa shape index (κ1) is 25.3. The summed E-state index contributed by atoms with van der Waals surface area (Å²) in [7, 11) is -4.44. The van der Waals surface area contributed by atoms with Crippen LogP contribution in [0.3, 0.4) is 0 Å². The molecule has 1 aliphatic heterocycles. The van der Waals surface area contributed by atoms with Crippen LogP contribution in [0.25, 0.3) is 22.2 Å². The number of rotatable bonds is 6. The third-order valence-corrected chi connectivity index (χ3v) is 7.86. The van der Waals surface area contributed by atoms with Crippen molar-refractivity contribution >= 4 is 44.1 Å². The molecule has 0 radical (unpaired) electrons. The summed E-state index contributed by atoms with van der Waals surface area (Å²) < 4.78 is 71.2. The van der Waals surface area contributed by atoms with Crippen molar-refractivity contribution in [3.05, 3.63) is 107 Å². The van der Waals surface area contributed by atoms with Gasteiger partial charge in [-0.15, -0.1) is 0 Å². The second kappa shape index (κ2) is 9.35. The van der Waals surface area contributed by atoms with Crippen LogP contribution < -0.4 is 10.5 Å². The fourth-order valence-electron chi connectivity index (χ4n) is 4.55. The first-order valence-electron chi connectivity index (χ1n) is 11.9. The van der Waals surface area contributed by atoms with Gasteiger partial charge >= 0.3 is 0 Å². The summed E-state index contributed by atoms with van der Waals surface area (Å²) in [5.74, 6) is -3.95. The van der Waals surface area contributed by atoms with E-state index in [9.17, 15) is 22.0 Å². The molecule has 0 bridgehead atoms. The Balaban J connectivity index is 1.38. The average Bonchev–Trinajstić information content (AvgIpc) is 3.52. The summed E-state index contributed by atoms with van der Waals surface area (Å²) in [6.45, 7) is 0. The van der Waals surface area contributed by atoms with Crippen LogP contribution in [0, 0.1) is 17.5 Å². The van der Waals surface area contributed by atoms with Crippen molar-refractivity contribution in [2.24, 2.45) is 10.7 Å². The van der Waals surface area contributed by atoms with Gasteiger partial charge in [-0.1, -0.05) is 18.2 Å². The normalized spacial score (nSPS) is 12.8. The van der Waals surface area contributed by atoms with Crippen LogP contribution in [0.15, 0.2) is 82.9 Å². The SMILES string of the molecule is NC1=Nc2cc(-c3cnc4[nH]cc(C(=O)c5c(F)ccc(NS(=O)(=O)c6cccc(F)c6)c5F)c4c3)ccc2C1. The molecule has 3 heterocycles. The molecule has 40 heavy (non-hydrogen) atoms. The lowest BCUT2D eigenvalue weighted by atomic mass is 9.99. The van der Waals surface area contributed by atoms with E-state index in [2.05, 4.69) is 15.0 Å². The number of nitrogens with zero attached hydrogens (tertiary/aromatic N) is 2. The molecular formula is C28H18F3N5O3S. The molecule has 0 saturated heterocycles. The lowest BCUT2D eigenvalue weighted by Crippen LogP contribution is -2.16. The van der Waals surface area contributed by atoms with Gasteiger partial charge in [0.25, 0.3) is 10.0 Å². The number of amidine groups is 1. The van der Waals surface area contributed by atoms with E-state index >= 15 is 4.39 Å². The number of nitrogens with one attached hydrogen (secondary N) is 2. The van der Waals surface area contributed by atoms with Crippen LogP contribution in [0.5, 0.6) is 0 Å². The van der Waals surface area contributed by atoms with Gasteiger partial charge in [-0.2, -0.15) is 0 Å². The maximum Gasteiger partial charge on any atom is 0.262 e. The van der Waals surface area contributed by atoms with Gasteiger partial charge < -0.3 is 10.7 Å². The Kier molecular flexibility index (Phi) is 5.91. The maximum absolute atomic E-state index is 15.5. The highest BCUT2D eigenvalue weighted by molar-refractivity contribution is 7.92. The van der Waals surface area contributed by atoms with Crippen LogP contribution in [0.4, 0.5) is 24.5 Å². The topological polar surface area (TPSA) is 130 Å². The zero-order chi connectivity index (χ0) is 28.2. The minimum Gasteiger partial charge on any atom is -0.387 e. The van der Waals surface area contributed by atoms with Crippen molar-refractivity contribution < 1.29 is 26.4 Å². The molecule has 0 atom stereocenters. The number of pyridine rings is 1. The third kappa shape index (κ3) is 4.37. The number of sulfonamides is 1. The largest absolute Gasteiger partial charge is 0.387 e. The molecule has 4 N–H and O–H groups in total. The van der Waals surface area contributed by atoms with Gasteiger partial charge in [0, 0.05) is 35.3 Å². The van der Waals surface area contributed by atoms with Gasteiger partial charge in [0.2, 0.25) is 5.78 Å². The standard InChI is InChI=1S/C28H18F3N5O3S/c29-17-2-1-3-18(11-17)40(38,39)36-22-7-6-21(30)25(26(22)31)27(37)20-13-34-28-19(20)8-16(12-33-28)14-4-5-15-10-24(32)35-23(15)9-14/h1-9,11-13,36H,10H2,(H2,32,35)(H,33,34). The highest BCUT2D eigenvalue weighted by Gasteiger charge is 2.27. The fraction of sp³-hybridized carbons (Fsp3) is 0.0357. The minimum absolute atomic E-state index is 0.0734. The smallest absolute Gasteiger partial charge is 0.262 e. The number of halogens is 3. The van der Waals surface area contributed by atoms with E-state index in [1.165, 1.54) is 12.3 Å². The van der Waals surface area contributed by atoms with Crippen molar-refractivity contribution in [1.82, 2.24) is 9.97 Å². The molecule has 0 amide bonds. The van der Waals surface area contributed by atoms with Gasteiger partial charge in [-0.25, -0.2) is 31.6 Å². The minimum atomic E-state index is -4.44. The predicted molar refractivity (Wildman–Crippen MR) is 144 cm³/mol. The number of carbonyl (C=O) groups is 1. The van der Waals surface area contributed by atoms with Crippen molar-refractivity contribution in [1.29, 1.82) is 0 Å². The van der Waals surface area contributed by atoms with Gasteiger partial charge in [0.1, 0.15) is 23.1 Å². The van der Waals surface area contributed by atoms with Crippen LogP contribution in [-0.4, -0.2) is 30.0 Å². The monoisotopic (exact) mass is 561 g/mol. The molecule has 8 nitrogen and oxygen atoms in total. The number of aliphatic imine (C=N–C) groups is 1. The van der Waals surface area contributed by atoms with Crippen LogP contribution >= 0.6 is 0 Å². The quantitative estimate of drug-likeness (QED) is 0.245. The number of aromatic nitrogens is 2. The number of aromatic amines is 1. The number of anilines is 1. The van der Waals surface area contributed by atoms with Gasteiger partial charge in [0.15, 0.2) is 5.82 Å². The van der Waals surface area contributed by atoms with Gasteiger partial charge in [0.05, 0.1) is 21.8 Å². The lowest BCUT2D eigenvalue weighted by molar-refractivity contribution is 0.103. The van der Waals surface area contributed by atoms with E-state index in [4.69, 9.17) is 5.73 Å². The van der Waals surface area contributed by atoms with E-state index in [0.29, 0.717) is 28.9 Å². The zero-order valence-electron chi connectivity index (χ0n) is 20.4. The Morgan fingerprint density at radius 2 is 1.82 bits per heavy atom. The molecule has 0 spiro atoms. The zero-order valence-corrected chi connectivity index (χ0v) is 21.2. The molecular weight excluding hydrogens is 543 g/mol. The summed E-state index contributed by atoms with van der Waals surface area (Å²) >= 11 is 0. The molecule has 1 aliphatic rings. The van der Waals surface area contributed by atoms with E-state index in [1.54, 1.807) is 12.3 Å². The molecule has 12 heteroatoms. The number of hydrogen-bond acceptors (Lipinski definition) is 6.